The lowest BCUT2D eigenvalue weighted by Gasteiger charge is -2.27. The van der Waals surface area contributed by atoms with Crippen LogP contribution in [0.3, 0.4) is 0 Å². The number of rotatable bonds is 1. The van der Waals surface area contributed by atoms with E-state index < -0.39 is 0 Å². The van der Waals surface area contributed by atoms with Gasteiger partial charge in [0.15, 0.2) is 0 Å². The molecule has 0 aliphatic carbocycles. The average molecular weight is 250 g/mol. The summed E-state index contributed by atoms with van der Waals surface area (Å²) in [6, 6.07) is 12.3. The predicted octanol–water partition coefficient (Wildman–Crippen LogP) is 2.48. The number of nitrogens with one attached hydrogen (secondary N) is 1. The summed E-state index contributed by atoms with van der Waals surface area (Å²) in [5, 5.41) is 12.7. The molecule has 0 bridgehead atoms. The maximum absolute atomic E-state index is 9.29. The Morgan fingerprint density at radius 3 is 2.95 bits per heavy atom. The molecule has 0 amide bonds. The molecule has 94 valence electrons. The molecule has 0 saturated carbocycles. The van der Waals surface area contributed by atoms with Gasteiger partial charge in [-0.25, -0.2) is 4.98 Å². The highest BCUT2D eigenvalue weighted by Gasteiger charge is 2.24. The maximum atomic E-state index is 9.29. The molecule has 1 aliphatic heterocycles. The molecular weight excluding hydrogens is 236 g/mol. The highest BCUT2D eigenvalue weighted by atomic mass is 14.9. The Balaban J connectivity index is 2.15. The van der Waals surface area contributed by atoms with Crippen molar-refractivity contribution in [3.8, 4) is 6.07 Å². The zero-order valence-electron chi connectivity index (χ0n) is 10.4. The molecule has 1 atom stereocenters. The molecule has 0 fully saturated rings. The number of nitrogens with zero attached hydrogens (tertiary/aromatic N) is 2. The van der Waals surface area contributed by atoms with E-state index in [1.54, 1.807) is 6.20 Å². The second-order valence-electron chi connectivity index (χ2n) is 4.63. The van der Waals surface area contributed by atoms with Crippen LogP contribution in [-0.2, 0) is 0 Å². The third-order valence-corrected chi connectivity index (χ3v) is 3.58. The molecule has 1 unspecified atom stereocenters. The summed E-state index contributed by atoms with van der Waals surface area (Å²) in [6.45, 7) is 0.898. The highest BCUT2D eigenvalue weighted by molar-refractivity contribution is 5.61. The highest BCUT2D eigenvalue weighted by Crippen LogP contribution is 2.38. The van der Waals surface area contributed by atoms with Crippen LogP contribution in [0, 0.1) is 11.3 Å². The fourth-order valence-corrected chi connectivity index (χ4v) is 2.70. The van der Waals surface area contributed by atoms with Gasteiger partial charge in [-0.2, -0.15) is 5.26 Å². The van der Waals surface area contributed by atoms with Gasteiger partial charge in [-0.3, -0.25) is 0 Å². The number of pyridine rings is 1. The second-order valence-corrected chi connectivity index (χ2v) is 4.63. The van der Waals surface area contributed by atoms with E-state index in [1.807, 2.05) is 18.2 Å². The smallest absolute Gasteiger partial charge is 0.141 e. The van der Waals surface area contributed by atoms with Crippen LogP contribution in [0.1, 0.15) is 29.0 Å². The van der Waals surface area contributed by atoms with Crippen LogP contribution in [0.15, 0.2) is 36.5 Å². The summed E-state index contributed by atoms with van der Waals surface area (Å²) < 4.78 is 0. The van der Waals surface area contributed by atoms with E-state index in [0.29, 0.717) is 11.4 Å². The van der Waals surface area contributed by atoms with Gasteiger partial charge in [0.25, 0.3) is 0 Å². The minimum absolute atomic E-state index is 0.206. The molecule has 4 nitrogen and oxygen atoms in total. The minimum atomic E-state index is 0.206. The first-order valence-corrected chi connectivity index (χ1v) is 6.28. The van der Waals surface area contributed by atoms with E-state index in [4.69, 9.17) is 5.73 Å². The Bertz CT molecular complexity index is 657. The topological polar surface area (TPSA) is 74.7 Å². The summed E-state index contributed by atoms with van der Waals surface area (Å²) >= 11 is 0. The minimum Gasteiger partial charge on any atom is -0.385 e. The first kappa shape index (κ1) is 11.5. The molecule has 1 aliphatic rings. The number of nitriles is 1. The number of hydrogen-bond acceptors (Lipinski definition) is 4. The van der Waals surface area contributed by atoms with E-state index in [0.717, 1.165) is 24.2 Å². The quantitative estimate of drug-likeness (QED) is 0.815. The number of benzene rings is 1. The molecular formula is C15H14N4. The molecule has 1 aromatic heterocycles. The van der Waals surface area contributed by atoms with Crippen molar-refractivity contribution < 1.29 is 0 Å². The Hall–Kier alpha value is -2.54. The van der Waals surface area contributed by atoms with Crippen LogP contribution in [0.2, 0.25) is 0 Å². The largest absolute Gasteiger partial charge is 0.385 e. The van der Waals surface area contributed by atoms with Crippen LogP contribution in [-0.4, -0.2) is 11.5 Å². The Labute approximate surface area is 111 Å². The monoisotopic (exact) mass is 250 g/mol. The molecule has 2 heterocycles. The SMILES string of the molecule is N#Cc1c(C2CCNc3ccccc32)ccnc1N. The van der Waals surface area contributed by atoms with Gasteiger partial charge >= 0.3 is 0 Å². The second kappa shape index (κ2) is 4.62. The summed E-state index contributed by atoms with van der Waals surface area (Å²) in [7, 11) is 0. The van der Waals surface area contributed by atoms with E-state index in [-0.39, 0.29) is 5.92 Å². The third kappa shape index (κ3) is 1.89. The van der Waals surface area contributed by atoms with Crippen molar-refractivity contribution in [2.24, 2.45) is 0 Å². The van der Waals surface area contributed by atoms with Crippen molar-refractivity contribution in [1.29, 1.82) is 5.26 Å². The number of hydrogen-bond donors (Lipinski definition) is 2. The number of fused-ring (bicyclic) bond motifs is 1. The van der Waals surface area contributed by atoms with Gasteiger partial charge in [-0.15, -0.1) is 0 Å². The molecule has 0 spiro atoms. The zero-order chi connectivity index (χ0) is 13.2. The molecule has 1 aromatic carbocycles. The molecule has 3 rings (SSSR count). The Morgan fingerprint density at radius 1 is 1.26 bits per heavy atom. The lowest BCUT2D eigenvalue weighted by Crippen LogP contribution is -2.18. The summed E-state index contributed by atoms with van der Waals surface area (Å²) in [6.07, 6.45) is 2.63. The first-order chi connectivity index (χ1) is 9.31. The average Bonchev–Trinajstić information content (AvgIpc) is 2.46. The van der Waals surface area contributed by atoms with Crippen molar-refractivity contribution in [1.82, 2.24) is 4.98 Å². The van der Waals surface area contributed by atoms with Gasteiger partial charge in [0, 0.05) is 24.3 Å². The third-order valence-electron chi connectivity index (χ3n) is 3.58. The molecule has 3 N–H and O–H groups in total. The number of para-hydroxylation sites is 1. The number of anilines is 2. The molecule has 0 radical (unpaired) electrons. The van der Waals surface area contributed by atoms with Crippen molar-refractivity contribution in [2.75, 3.05) is 17.6 Å². The molecule has 4 heteroatoms. The first-order valence-electron chi connectivity index (χ1n) is 6.28. The van der Waals surface area contributed by atoms with Crippen molar-refractivity contribution in [3.05, 3.63) is 53.2 Å². The molecule has 0 saturated heterocycles. The summed E-state index contributed by atoms with van der Waals surface area (Å²) in [4.78, 5) is 4.00. The van der Waals surface area contributed by atoms with Gasteiger partial charge in [0.05, 0.1) is 5.56 Å². The maximum Gasteiger partial charge on any atom is 0.141 e. The fourth-order valence-electron chi connectivity index (χ4n) is 2.70. The Morgan fingerprint density at radius 2 is 2.11 bits per heavy atom. The molecule has 19 heavy (non-hydrogen) atoms. The van der Waals surface area contributed by atoms with Crippen molar-refractivity contribution in [3.63, 3.8) is 0 Å². The lowest BCUT2D eigenvalue weighted by atomic mass is 9.83. The standard InChI is InChI=1S/C15H14N4/c16-9-13-11(6-8-19-15(13)17)10-5-7-18-14-4-2-1-3-12(10)14/h1-4,6,8,10,18H,5,7H2,(H2,17,19). The van der Waals surface area contributed by atoms with Crippen LogP contribution >= 0.6 is 0 Å². The summed E-state index contributed by atoms with van der Waals surface area (Å²) in [5.41, 5.74) is 9.64. The normalized spacial score (nSPS) is 17.1. The fraction of sp³-hybridized carbons (Fsp3) is 0.200. The van der Waals surface area contributed by atoms with E-state index in [9.17, 15) is 5.26 Å². The summed E-state index contributed by atoms with van der Waals surface area (Å²) in [5.74, 6) is 0.522. The van der Waals surface area contributed by atoms with Crippen molar-refractivity contribution >= 4 is 11.5 Å². The van der Waals surface area contributed by atoms with Gasteiger partial charge in [0.2, 0.25) is 0 Å². The number of nitrogens with two attached hydrogens (primary N) is 1. The Kier molecular flexibility index (Phi) is 2.81. The lowest BCUT2D eigenvalue weighted by molar-refractivity contribution is 0.717. The number of nitrogen functional groups attached to an aromatic ring is 1. The van der Waals surface area contributed by atoms with Gasteiger partial charge < -0.3 is 11.1 Å². The van der Waals surface area contributed by atoms with Crippen LogP contribution < -0.4 is 11.1 Å². The van der Waals surface area contributed by atoms with Gasteiger partial charge in [-0.1, -0.05) is 18.2 Å². The van der Waals surface area contributed by atoms with Crippen LogP contribution in [0.5, 0.6) is 0 Å². The van der Waals surface area contributed by atoms with Crippen LogP contribution in [0.4, 0.5) is 11.5 Å². The number of aromatic nitrogens is 1. The van der Waals surface area contributed by atoms with Crippen LogP contribution in [0.25, 0.3) is 0 Å². The molecule has 2 aromatic rings. The van der Waals surface area contributed by atoms with Gasteiger partial charge in [0.1, 0.15) is 11.9 Å². The van der Waals surface area contributed by atoms with E-state index >= 15 is 0 Å². The zero-order valence-corrected chi connectivity index (χ0v) is 10.4. The van der Waals surface area contributed by atoms with Crippen molar-refractivity contribution in [2.45, 2.75) is 12.3 Å². The predicted molar refractivity (Wildman–Crippen MR) is 74.8 cm³/mol. The van der Waals surface area contributed by atoms with Gasteiger partial charge in [-0.05, 0) is 29.7 Å². The van der Waals surface area contributed by atoms with E-state index in [1.165, 1.54) is 5.56 Å². The van der Waals surface area contributed by atoms with E-state index in [2.05, 4.69) is 28.5 Å².